The van der Waals surface area contributed by atoms with Crippen LogP contribution in [0.25, 0.3) is 0 Å². The third kappa shape index (κ3) is 5.86. The average molecular weight is 404 g/mol. The number of nitrogens with one attached hydrogen (secondary N) is 1. The van der Waals surface area contributed by atoms with Gasteiger partial charge in [-0.1, -0.05) is 0 Å². The quantitative estimate of drug-likeness (QED) is 0.723. The van der Waals surface area contributed by atoms with Crippen molar-refractivity contribution in [1.82, 2.24) is 15.1 Å². The average Bonchev–Trinajstić information content (AvgIpc) is 3.13. The summed E-state index contributed by atoms with van der Waals surface area (Å²) in [5.74, 6) is 1.30. The summed E-state index contributed by atoms with van der Waals surface area (Å²) >= 11 is 0. The van der Waals surface area contributed by atoms with Crippen LogP contribution >= 0.6 is 0 Å². The lowest BCUT2D eigenvalue weighted by Gasteiger charge is -2.34. The minimum atomic E-state index is -0.0484. The van der Waals surface area contributed by atoms with Crippen LogP contribution in [0.3, 0.4) is 0 Å². The van der Waals surface area contributed by atoms with Gasteiger partial charge in [-0.25, -0.2) is 0 Å². The maximum Gasteiger partial charge on any atom is 0.251 e. The van der Waals surface area contributed by atoms with E-state index in [9.17, 15) is 4.79 Å². The molecule has 0 radical (unpaired) electrons. The van der Waals surface area contributed by atoms with Gasteiger partial charge in [-0.15, -0.1) is 0 Å². The molecule has 0 aromatic heterocycles. The van der Waals surface area contributed by atoms with Gasteiger partial charge in [0.2, 0.25) is 0 Å². The van der Waals surface area contributed by atoms with E-state index >= 15 is 0 Å². The first-order chi connectivity index (χ1) is 14.0. The molecule has 0 spiro atoms. The number of piperidine rings is 1. The van der Waals surface area contributed by atoms with Crippen LogP contribution in [-0.4, -0.2) is 74.2 Å². The third-order valence-electron chi connectivity index (χ3n) is 6.36. The monoisotopic (exact) mass is 403 g/mol. The van der Waals surface area contributed by atoms with E-state index in [1.165, 1.54) is 12.8 Å². The van der Waals surface area contributed by atoms with Crippen molar-refractivity contribution in [2.45, 2.75) is 64.1 Å². The van der Waals surface area contributed by atoms with E-state index in [1.807, 2.05) is 18.2 Å². The lowest BCUT2D eigenvalue weighted by Crippen LogP contribution is -2.41. The Kier molecular flexibility index (Phi) is 7.78. The normalized spacial score (nSPS) is 21.5. The Balaban J connectivity index is 1.55. The Morgan fingerprint density at radius 3 is 2.55 bits per heavy atom. The van der Waals surface area contributed by atoms with Crippen LogP contribution in [-0.2, 0) is 0 Å². The van der Waals surface area contributed by atoms with Crippen molar-refractivity contribution in [2.75, 3.05) is 40.3 Å². The van der Waals surface area contributed by atoms with E-state index in [0.29, 0.717) is 35.7 Å². The van der Waals surface area contributed by atoms with Gasteiger partial charge >= 0.3 is 0 Å². The summed E-state index contributed by atoms with van der Waals surface area (Å²) in [7, 11) is 3.81. The lowest BCUT2D eigenvalue weighted by molar-refractivity contribution is 0.0819. The number of nitrogens with zero attached hydrogens (tertiary/aromatic N) is 2. The first-order valence-corrected chi connectivity index (χ1v) is 11.0. The first-order valence-electron chi connectivity index (χ1n) is 11.0. The van der Waals surface area contributed by atoms with Crippen molar-refractivity contribution in [1.29, 1.82) is 0 Å². The maximum atomic E-state index is 12.6. The first kappa shape index (κ1) is 21.9. The van der Waals surface area contributed by atoms with Gasteiger partial charge in [0.25, 0.3) is 5.91 Å². The molecule has 0 bridgehead atoms. The van der Waals surface area contributed by atoms with E-state index < -0.39 is 0 Å². The molecule has 1 atom stereocenters. The van der Waals surface area contributed by atoms with Gasteiger partial charge in [0.1, 0.15) is 6.10 Å². The van der Waals surface area contributed by atoms with Crippen LogP contribution < -0.4 is 14.8 Å². The molecule has 6 heteroatoms. The standard InChI is InChI=1S/C23H37N3O3/c1-17(2)26-14-10-20(11-15-26)29-22-16-18(7-8-21(22)28-4)23(27)24-12-9-19-6-5-13-25(19)3/h7-8,16-17,19-20H,5-6,9-15H2,1-4H3,(H,24,27). The summed E-state index contributed by atoms with van der Waals surface area (Å²) in [6, 6.07) is 6.62. The number of rotatable bonds is 8. The fourth-order valence-corrected chi connectivity index (χ4v) is 4.40. The number of carbonyl (C=O) groups excluding carboxylic acids is 1. The van der Waals surface area contributed by atoms with Crippen LogP contribution in [0.2, 0.25) is 0 Å². The molecular formula is C23H37N3O3. The Bertz CT molecular complexity index is 671. The van der Waals surface area contributed by atoms with Crippen LogP contribution in [0.5, 0.6) is 11.5 Å². The molecule has 2 heterocycles. The molecule has 0 aliphatic carbocycles. The summed E-state index contributed by atoms with van der Waals surface area (Å²) in [5, 5.41) is 3.06. The van der Waals surface area contributed by atoms with Gasteiger partial charge in [0.05, 0.1) is 7.11 Å². The van der Waals surface area contributed by atoms with E-state index in [-0.39, 0.29) is 12.0 Å². The molecular weight excluding hydrogens is 366 g/mol. The number of carbonyl (C=O) groups is 1. The van der Waals surface area contributed by atoms with E-state index in [2.05, 4.69) is 36.0 Å². The second-order valence-corrected chi connectivity index (χ2v) is 8.63. The van der Waals surface area contributed by atoms with Crippen LogP contribution in [0.1, 0.15) is 56.3 Å². The van der Waals surface area contributed by atoms with Gasteiger partial charge in [-0.05, 0) is 77.7 Å². The minimum Gasteiger partial charge on any atom is -0.493 e. The fraction of sp³-hybridized carbons (Fsp3) is 0.696. The van der Waals surface area contributed by atoms with Crippen molar-refractivity contribution in [3.05, 3.63) is 23.8 Å². The fourth-order valence-electron chi connectivity index (χ4n) is 4.40. The SMILES string of the molecule is COc1ccc(C(=O)NCCC2CCCN2C)cc1OC1CCN(C(C)C)CC1. The van der Waals surface area contributed by atoms with Gasteiger partial charge in [-0.2, -0.15) is 0 Å². The van der Waals surface area contributed by atoms with E-state index in [4.69, 9.17) is 9.47 Å². The summed E-state index contributed by atoms with van der Waals surface area (Å²) in [4.78, 5) is 17.5. The molecule has 3 rings (SSSR count). The molecule has 1 unspecified atom stereocenters. The minimum absolute atomic E-state index is 0.0484. The van der Waals surface area contributed by atoms with Gasteiger partial charge in [0.15, 0.2) is 11.5 Å². The third-order valence-corrected chi connectivity index (χ3v) is 6.36. The zero-order chi connectivity index (χ0) is 20.8. The molecule has 29 heavy (non-hydrogen) atoms. The van der Waals surface area contributed by atoms with Crippen molar-refractivity contribution >= 4 is 5.91 Å². The summed E-state index contributed by atoms with van der Waals surface area (Å²) in [5.41, 5.74) is 0.625. The highest BCUT2D eigenvalue weighted by atomic mass is 16.5. The number of amides is 1. The summed E-state index contributed by atoms with van der Waals surface area (Å²) < 4.78 is 11.7. The van der Waals surface area contributed by atoms with Crippen molar-refractivity contribution < 1.29 is 14.3 Å². The molecule has 2 fully saturated rings. The predicted octanol–water partition coefficient (Wildman–Crippen LogP) is 3.16. The number of hydrogen-bond donors (Lipinski definition) is 1. The number of likely N-dealkylation sites (tertiary alicyclic amines) is 2. The Morgan fingerprint density at radius 1 is 1.17 bits per heavy atom. The zero-order valence-corrected chi connectivity index (χ0v) is 18.4. The molecule has 1 amide bonds. The molecule has 1 N–H and O–H groups in total. The van der Waals surface area contributed by atoms with Crippen molar-refractivity contribution in [3.8, 4) is 11.5 Å². The van der Waals surface area contributed by atoms with Gasteiger partial charge in [-0.3, -0.25) is 4.79 Å². The molecule has 162 valence electrons. The predicted molar refractivity (Wildman–Crippen MR) is 116 cm³/mol. The number of hydrogen-bond acceptors (Lipinski definition) is 5. The molecule has 1 aromatic carbocycles. The maximum absolute atomic E-state index is 12.6. The second kappa shape index (κ2) is 10.3. The van der Waals surface area contributed by atoms with Gasteiger partial charge < -0.3 is 24.6 Å². The lowest BCUT2D eigenvalue weighted by atomic mass is 10.1. The molecule has 1 aromatic rings. The smallest absolute Gasteiger partial charge is 0.251 e. The molecule has 6 nitrogen and oxygen atoms in total. The topological polar surface area (TPSA) is 54.0 Å². The molecule has 2 aliphatic heterocycles. The number of benzene rings is 1. The Labute approximate surface area is 175 Å². The highest BCUT2D eigenvalue weighted by Crippen LogP contribution is 2.31. The van der Waals surface area contributed by atoms with Crippen molar-refractivity contribution in [2.24, 2.45) is 0 Å². The number of ether oxygens (including phenoxy) is 2. The molecule has 0 saturated carbocycles. The largest absolute Gasteiger partial charge is 0.493 e. The van der Waals surface area contributed by atoms with Gasteiger partial charge in [0, 0.05) is 37.3 Å². The highest BCUT2D eigenvalue weighted by molar-refractivity contribution is 5.94. The molecule has 2 aliphatic rings. The Morgan fingerprint density at radius 2 is 1.93 bits per heavy atom. The summed E-state index contributed by atoms with van der Waals surface area (Å²) in [6.07, 6.45) is 5.62. The van der Waals surface area contributed by atoms with Crippen LogP contribution in [0, 0.1) is 0 Å². The number of methoxy groups -OCH3 is 1. The van der Waals surface area contributed by atoms with Crippen molar-refractivity contribution in [3.63, 3.8) is 0 Å². The Hall–Kier alpha value is -1.79. The second-order valence-electron chi connectivity index (χ2n) is 8.63. The van der Waals surface area contributed by atoms with E-state index in [1.54, 1.807) is 7.11 Å². The van der Waals surface area contributed by atoms with E-state index in [0.717, 1.165) is 38.9 Å². The van der Waals surface area contributed by atoms with Crippen LogP contribution in [0.4, 0.5) is 0 Å². The zero-order valence-electron chi connectivity index (χ0n) is 18.4. The molecule has 2 saturated heterocycles. The summed E-state index contributed by atoms with van der Waals surface area (Å²) in [6.45, 7) is 8.41. The highest BCUT2D eigenvalue weighted by Gasteiger charge is 2.24. The van der Waals surface area contributed by atoms with Crippen LogP contribution in [0.15, 0.2) is 18.2 Å².